The molecule has 0 aliphatic carbocycles. The second kappa shape index (κ2) is 10.2. The number of methoxy groups -OCH3 is 2. The first kappa shape index (κ1) is 21.0. The fraction of sp³-hybridized carbons (Fsp3) is 0.435. The molecule has 1 aliphatic rings. The van der Waals surface area contributed by atoms with Crippen LogP contribution in [0.25, 0.3) is 0 Å². The molecule has 29 heavy (non-hydrogen) atoms. The largest absolute Gasteiger partial charge is 0.497 e. The van der Waals surface area contributed by atoms with E-state index in [0.29, 0.717) is 30.3 Å². The highest BCUT2D eigenvalue weighted by atomic mass is 16.5. The fourth-order valence-corrected chi connectivity index (χ4v) is 3.73. The van der Waals surface area contributed by atoms with E-state index in [9.17, 15) is 9.90 Å². The van der Waals surface area contributed by atoms with Crippen LogP contribution in [0, 0.1) is 0 Å². The van der Waals surface area contributed by atoms with E-state index < -0.39 is 11.9 Å². The molecule has 0 amide bonds. The summed E-state index contributed by atoms with van der Waals surface area (Å²) in [6, 6.07) is 12.8. The molecular formula is C23H29NO5. The number of para-hydroxylation sites is 1. The molecule has 6 heteroatoms. The van der Waals surface area contributed by atoms with E-state index in [1.165, 1.54) is 12.8 Å². The van der Waals surface area contributed by atoms with Crippen LogP contribution >= 0.6 is 0 Å². The van der Waals surface area contributed by atoms with Crippen LogP contribution in [0.5, 0.6) is 17.2 Å². The summed E-state index contributed by atoms with van der Waals surface area (Å²) in [7, 11) is 3.19. The molecule has 0 aromatic heterocycles. The Kier molecular flexibility index (Phi) is 7.36. The molecule has 2 aromatic rings. The van der Waals surface area contributed by atoms with Gasteiger partial charge in [-0.3, -0.25) is 9.69 Å². The van der Waals surface area contributed by atoms with E-state index in [1.54, 1.807) is 38.5 Å². The molecule has 3 rings (SSSR count). The molecular weight excluding hydrogens is 370 g/mol. The SMILES string of the molecule is COc1ccc(C(Cc2cccc(OC)c2OCCN2CCCC2)C(=O)O)cc1. The van der Waals surface area contributed by atoms with E-state index >= 15 is 0 Å². The molecule has 0 radical (unpaired) electrons. The number of ether oxygens (including phenoxy) is 3. The number of hydrogen-bond donors (Lipinski definition) is 1. The summed E-state index contributed by atoms with van der Waals surface area (Å²) >= 11 is 0. The molecule has 1 saturated heterocycles. The monoisotopic (exact) mass is 399 g/mol. The number of likely N-dealkylation sites (tertiary alicyclic amines) is 1. The van der Waals surface area contributed by atoms with Gasteiger partial charge in [0.2, 0.25) is 0 Å². The highest BCUT2D eigenvalue weighted by Gasteiger charge is 2.24. The van der Waals surface area contributed by atoms with Crippen molar-refractivity contribution in [2.45, 2.75) is 25.2 Å². The van der Waals surface area contributed by atoms with Gasteiger partial charge in [0.25, 0.3) is 0 Å². The van der Waals surface area contributed by atoms with Gasteiger partial charge in [0.1, 0.15) is 12.4 Å². The molecule has 1 fully saturated rings. The number of aliphatic carboxylic acids is 1. The van der Waals surface area contributed by atoms with Crippen LogP contribution in [0.4, 0.5) is 0 Å². The van der Waals surface area contributed by atoms with E-state index in [-0.39, 0.29) is 0 Å². The number of carboxylic acids is 1. The zero-order valence-electron chi connectivity index (χ0n) is 17.1. The maximum Gasteiger partial charge on any atom is 0.311 e. The third-order valence-corrected chi connectivity index (χ3v) is 5.37. The Morgan fingerprint density at radius 2 is 1.79 bits per heavy atom. The zero-order valence-corrected chi connectivity index (χ0v) is 17.1. The van der Waals surface area contributed by atoms with Gasteiger partial charge in [-0.05, 0) is 61.7 Å². The molecule has 1 aliphatic heterocycles. The Hall–Kier alpha value is -2.73. The summed E-state index contributed by atoms with van der Waals surface area (Å²) in [6.45, 7) is 3.63. The van der Waals surface area contributed by atoms with Gasteiger partial charge < -0.3 is 19.3 Å². The summed E-state index contributed by atoms with van der Waals surface area (Å²) in [5, 5.41) is 9.84. The lowest BCUT2D eigenvalue weighted by molar-refractivity contribution is -0.138. The molecule has 6 nitrogen and oxygen atoms in total. The van der Waals surface area contributed by atoms with Crippen molar-refractivity contribution in [3.63, 3.8) is 0 Å². The van der Waals surface area contributed by atoms with Gasteiger partial charge in [0.15, 0.2) is 11.5 Å². The summed E-state index contributed by atoms with van der Waals surface area (Å²) in [5.74, 6) is 0.400. The van der Waals surface area contributed by atoms with Crippen molar-refractivity contribution in [1.82, 2.24) is 4.90 Å². The van der Waals surface area contributed by atoms with Crippen molar-refractivity contribution >= 4 is 5.97 Å². The van der Waals surface area contributed by atoms with Gasteiger partial charge in [-0.15, -0.1) is 0 Å². The minimum Gasteiger partial charge on any atom is -0.497 e. The molecule has 156 valence electrons. The van der Waals surface area contributed by atoms with E-state index in [0.717, 1.165) is 30.8 Å². The van der Waals surface area contributed by atoms with Crippen LogP contribution in [0.3, 0.4) is 0 Å². The van der Waals surface area contributed by atoms with E-state index in [2.05, 4.69) is 4.90 Å². The maximum atomic E-state index is 12.0. The topological polar surface area (TPSA) is 68.2 Å². The summed E-state index contributed by atoms with van der Waals surface area (Å²) in [6.07, 6.45) is 2.79. The molecule has 1 N–H and O–H groups in total. The van der Waals surface area contributed by atoms with Crippen molar-refractivity contribution in [3.8, 4) is 17.2 Å². The number of nitrogens with zero attached hydrogens (tertiary/aromatic N) is 1. The number of rotatable bonds is 10. The number of hydrogen-bond acceptors (Lipinski definition) is 5. The standard InChI is InChI=1S/C23H29NO5/c1-27-19-10-8-17(9-11-19)20(23(25)26)16-18-6-5-7-21(28-2)22(18)29-15-14-24-12-3-4-13-24/h5-11,20H,3-4,12-16H2,1-2H3,(H,25,26). The van der Waals surface area contributed by atoms with Gasteiger partial charge >= 0.3 is 5.97 Å². The van der Waals surface area contributed by atoms with Crippen molar-refractivity contribution in [1.29, 1.82) is 0 Å². The highest BCUT2D eigenvalue weighted by molar-refractivity contribution is 5.77. The van der Waals surface area contributed by atoms with Crippen molar-refractivity contribution in [2.24, 2.45) is 0 Å². The average Bonchev–Trinajstić information content (AvgIpc) is 3.26. The Morgan fingerprint density at radius 3 is 2.41 bits per heavy atom. The summed E-state index contributed by atoms with van der Waals surface area (Å²) < 4.78 is 16.8. The lowest BCUT2D eigenvalue weighted by Crippen LogP contribution is -2.25. The predicted octanol–water partition coefficient (Wildman–Crippen LogP) is 3.59. The van der Waals surface area contributed by atoms with Crippen molar-refractivity contribution in [2.75, 3.05) is 40.5 Å². The molecule has 0 saturated carbocycles. The summed E-state index contributed by atoms with van der Waals surface area (Å²) in [4.78, 5) is 14.4. The van der Waals surface area contributed by atoms with Crippen LogP contribution in [0.15, 0.2) is 42.5 Å². The Morgan fingerprint density at radius 1 is 1.07 bits per heavy atom. The minimum absolute atomic E-state index is 0.317. The maximum absolute atomic E-state index is 12.0. The lowest BCUT2D eigenvalue weighted by atomic mass is 9.91. The smallest absolute Gasteiger partial charge is 0.311 e. The highest BCUT2D eigenvalue weighted by Crippen LogP contribution is 2.35. The van der Waals surface area contributed by atoms with Crippen molar-refractivity contribution in [3.05, 3.63) is 53.6 Å². The van der Waals surface area contributed by atoms with Gasteiger partial charge in [-0.25, -0.2) is 0 Å². The van der Waals surface area contributed by atoms with Crippen LogP contribution < -0.4 is 14.2 Å². The fourth-order valence-electron chi connectivity index (χ4n) is 3.73. The van der Waals surface area contributed by atoms with Gasteiger partial charge in [0.05, 0.1) is 20.1 Å². The number of carbonyl (C=O) groups is 1. The molecule has 1 atom stereocenters. The van der Waals surface area contributed by atoms with Crippen LogP contribution in [-0.4, -0.2) is 56.4 Å². The van der Waals surface area contributed by atoms with Crippen LogP contribution in [-0.2, 0) is 11.2 Å². The zero-order chi connectivity index (χ0) is 20.6. The third kappa shape index (κ3) is 5.41. The van der Waals surface area contributed by atoms with Crippen molar-refractivity contribution < 1.29 is 24.1 Å². The van der Waals surface area contributed by atoms with Gasteiger partial charge in [0, 0.05) is 6.54 Å². The predicted molar refractivity (Wildman–Crippen MR) is 111 cm³/mol. The molecule has 1 heterocycles. The minimum atomic E-state index is -0.874. The Labute approximate surface area is 172 Å². The van der Waals surface area contributed by atoms with Gasteiger partial charge in [-0.1, -0.05) is 24.3 Å². The summed E-state index contributed by atoms with van der Waals surface area (Å²) in [5.41, 5.74) is 1.55. The molecule has 1 unspecified atom stereocenters. The first-order valence-corrected chi connectivity index (χ1v) is 10.00. The van der Waals surface area contributed by atoms with Crippen LogP contribution in [0.1, 0.15) is 29.9 Å². The number of carboxylic acid groups (broad SMARTS) is 1. The quantitative estimate of drug-likeness (QED) is 0.659. The molecule has 0 spiro atoms. The van der Waals surface area contributed by atoms with E-state index in [1.807, 2.05) is 18.2 Å². The second-order valence-electron chi connectivity index (χ2n) is 7.21. The first-order valence-electron chi connectivity index (χ1n) is 10.00. The molecule has 2 aromatic carbocycles. The average molecular weight is 399 g/mol. The first-order chi connectivity index (χ1) is 14.1. The Bertz CT molecular complexity index is 799. The van der Waals surface area contributed by atoms with Crippen LogP contribution in [0.2, 0.25) is 0 Å². The van der Waals surface area contributed by atoms with Gasteiger partial charge in [-0.2, -0.15) is 0 Å². The Balaban J connectivity index is 1.78. The molecule has 0 bridgehead atoms. The van der Waals surface area contributed by atoms with E-state index in [4.69, 9.17) is 14.2 Å². The second-order valence-corrected chi connectivity index (χ2v) is 7.21. The third-order valence-electron chi connectivity index (χ3n) is 5.37. The number of benzene rings is 2. The normalized spacial score (nSPS) is 15.1. The lowest BCUT2D eigenvalue weighted by Gasteiger charge is -2.20.